The normalized spacial score (nSPS) is 12.2. The fraction of sp³-hybridized carbons (Fsp3) is 0.429. The average Bonchev–Trinajstić information content (AvgIpc) is 3.01. The summed E-state index contributed by atoms with van der Waals surface area (Å²) in [5.41, 5.74) is 0.835. The molecule has 1 N–H and O–H groups in total. The molecule has 0 radical (unpaired) electrons. The molecule has 20 heavy (non-hydrogen) atoms. The summed E-state index contributed by atoms with van der Waals surface area (Å²) in [4.78, 5) is 8.72. The number of thiazole rings is 1. The number of nitrogens with zero attached hydrogens (tertiary/aromatic N) is 2. The van der Waals surface area contributed by atoms with Crippen LogP contribution < -0.4 is 14.8 Å². The molecule has 2 heterocycles. The Hall–Kier alpha value is -1.66. The van der Waals surface area contributed by atoms with Gasteiger partial charge in [0.15, 0.2) is 11.5 Å². The van der Waals surface area contributed by atoms with Crippen LogP contribution in [0.5, 0.6) is 11.5 Å². The number of pyridine rings is 1. The zero-order chi connectivity index (χ0) is 14.4. The second kappa shape index (κ2) is 7.21. The van der Waals surface area contributed by atoms with Gasteiger partial charge in [-0.15, -0.1) is 11.3 Å². The van der Waals surface area contributed by atoms with E-state index in [2.05, 4.69) is 22.2 Å². The van der Waals surface area contributed by atoms with Crippen molar-refractivity contribution in [3.05, 3.63) is 34.5 Å². The molecule has 0 aromatic carbocycles. The Bertz CT molecular complexity index is 531. The Morgan fingerprint density at radius 2 is 2.10 bits per heavy atom. The fourth-order valence-electron chi connectivity index (χ4n) is 2.01. The van der Waals surface area contributed by atoms with Crippen molar-refractivity contribution in [2.24, 2.45) is 0 Å². The van der Waals surface area contributed by atoms with Gasteiger partial charge in [0.1, 0.15) is 5.01 Å². The number of ether oxygens (including phenoxy) is 2. The van der Waals surface area contributed by atoms with E-state index in [1.807, 2.05) is 11.6 Å². The summed E-state index contributed by atoms with van der Waals surface area (Å²) in [5, 5.41) is 6.55. The molecular weight excluding hydrogens is 274 g/mol. The van der Waals surface area contributed by atoms with Crippen molar-refractivity contribution in [1.29, 1.82) is 0 Å². The van der Waals surface area contributed by atoms with E-state index >= 15 is 0 Å². The SMILES string of the molecule is CCC(NCc1nccc(OC)c1OC)c1nccs1. The highest BCUT2D eigenvalue weighted by atomic mass is 32.1. The molecule has 2 aromatic heterocycles. The molecule has 6 heteroatoms. The number of hydrogen-bond donors (Lipinski definition) is 1. The van der Waals surface area contributed by atoms with Gasteiger partial charge < -0.3 is 14.8 Å². The van der Waals surface area contributed by atoms with Crippen molar-refractivity contribution in [3.8, 4) is 11.5 Å². The van der Waals surface area contributed by atoms with E-state index in [9.17, 15) is 0 Å². The Balaban J connectivity index is 2.10. The molecule has 2 aromatic rings. The first kappa shape index (κ1) is 14.7. The van der Waals surface area contributed by atoms with Gasteiger partial charge in [-0.2, -0.15) is 0 Å². The Morgan fingerprint density at radius 1 is 1.25 bits per heavy atom. The van der Waals surface area contributed by atoms with Crippen LogP contribution in [0.3, 0.4) is 0 Å². The smallest absolute Gasteiger partial charge is 0.183 e. The van der Waals surface area contributed by atoms with Gasteiger partial charge in [-0.25, -0.2) is 4.98 Å². The van der Waals surface area contributed by atoms with Crippen LogP contribution in [0.1, 0.15) is 30.1 Å². The van der Waals surface area contributed by atoms with Gasteiger partial charge in [0.05, 0.1) is 26.0 Å². The largest absolute Gasteiger partial charge is 0.493 e. The van der Waals surface area contributed by atoms with Crippen molar-refractivity contribution in [2.45, 2.75) is 25.9 Å². The number of aromatic nitrogens is 2. The third-order valence-corrected chi connectivity index (χ3v) is 3.93. The van der Waals surface area contributed by atoms with Gasteiger partial charge in [0.25, 0.3) is 0 Å². The monoisotopic (exact) mass is 293 g/mol. The quantitative estimate of drug-likeness (QED) is 0.850. The van der Waals surface area contributed by atoms with E-state index in [-0.39, 0.29) is 6.04 Å². The average molecular weight is 293 g/mol. The topological polar surface area (TPSA) is 56.3 Å². The first-order valence-corrected chi connectivity index (χ1v) is 7.36. The van der Waals surface area contributed by atoms with Crippen LogP contribution in [0.2, 0.25) is 0 Å². The van der Waals surface area contributed by atoms with E-state index in [1.54, 1.807) is 37.8 Å². The summed E-state index contributed by atoms with van der Waals surface area (Å²) in [6, 6.07) is 2.02. The van der Waals surface area contributed by atoms with Crippen LogP contribution in [0.25, 0.3) is 0 Å². The third-order valence-electron chi connectivity index (χ3n) is 3.04. The number of nitrogens with one attached hydrogen (secondary N) is 1. The molecule has 0 aliphatic heterocycles. The van der Waals surface area contributed by atoms with Gasteiger partial charge >= 0.3 is 0 Å². The number of methoxy groups -OCH3 is 2. The summed E-state index contributed by atoms with van der Waals surface area (Å²) in [7, 11) is 3.25. The highest BCUT2D eigenvalue weighted by molar-refractivity contribution is 7.09. The second-order valence-electron chi connectivity index (χ2n) is 4.21. The Labute approximate surface area is 123 Å². The lowest BCUT2D eigenvalue weighted by molar-refractivity contribution is 0.347. The highest BCUT2D eigenvalue weighted by Gasteiger charge is 2.15. The molecule has 1 atom stereocenters. The van der Waals surface area contributed by atoms with Gasteiger partial charge in [0, 0.05) is 30.4 Å². The van der Waals surface area contributed by atoms with Crippen molar-refractivity contribution in [1.82, 2.24) is 15.3 Å². The van der Waals surface area contributed by atoms with E-state index in [0.29, 0.717) is 18.0 Å². The predicted octanol–water partition coefficient (Wildman–Crippen LogP) is 2.80. The van der Waals surface area contributed by atoms with E-state index in [4.69, 9.17) is 9.47 Å². The van der Waals surface area contributed by atoms with Crippen LogP contribution in [0.4, 0.5) is 0 Å². The van der Waals surface area contributed by atoms with Gasteiger partial charge in [-0.1, -0.05) is 6.92 Å². The van der Waals surface area contributed by atoms with Gasteiger partial charge in [-0.3, -0.25) is 4.98 Å². The molecule has 0 aliphatic rings. The van der Waals surface area contributed by atoms with Gasteiger partial charge in [-0.05, 0) is 6.42 Å². The zero-order valence-corrected chi connectivity index (χ0v) is 12.7. The minimum Gasteiger partial charge on any atom is -0.493 e. The lowest BCUT2D eigenvalue weighted by Gasteiger charge is -2.16. The first-order chi connectivity index (χ1) is 9.80. The summed E-state index contributed by atoms with van der Waals surface area (Å²) < 4.78 is 10.7. The molecule has 2 rings (SSSR count). The highest BCUT2D eigenvalue weighted by Crippen LogP contribution is 2.29. The van der Waals surface area contributed by atoms with Crippen LogP contribution in [0, 0.1) is 0 Å². The Kier molecular flexibility index (Phi) is 5.31. The fourth-order valence-corrected chi connectivity index (χ4v) is 2.81. The Morgan fingerprint density at radius 3 is 2.70 bits per heavy atom. The van der Waals surface area contributed by atoms with Crippen LogP contribution in [-0.4, -0.2) is 24.2 Å². The lowest BCUT2D eigenvalue weighted by atomic mass is 10.2. The molecule has 0 saturated heterocycles. The van der Waals surface area contributed by atoms with Crippen molar-refractivity contribution >= 4 is 11.3 Å². The summed E-state index contributed by atoms with van der Waals surface area (Å²) in [6.45, 7) is 2.74. The minimum atomic E-state index is 0.229. The molecular formula is C14H19N3O2S. The molecule has 0 saturated carbocycles. The van der Waals surface area contributed by atoms with Crippen LogP contribution >= 0.6 is 11.3 Å². The number of rotatable bonds is 7. The van der Waals surface area contributed by atoms with Crippen molar-refractivity contribution in [2.75, 3.05) is 14.2 Å². The van der Waals surface area contributed by atoms with E-state index in [1.165, 1.54) is 0 Å². The molecule has 1 unspecified atom stereocenters. The zero-order valence-electron chi connectivity index (χ0n) is 11.9. The maximum absolute atomic E-state index is 5.38. The van der Waals surface area contributed by atoms with Crippen LogP contribution in [0.15, 0.2) is 23.8 Å². The van der Waals surface area contributed by atoms with Crippen LogP contribution in [-0.2, 0) is 6.54 Å². The molecule has 5 nitrogen and oxygen atoms in total. The number of hydrogen-bond acceptors (Lipinski definition) is 6. The summed E-state index contributed by atoms with van der Waals surface area (Å²) in [5.74, 6) is 1.37. The minimum absolute atomic E-state index is 0.229. The molecule has 108 valence electrons. The maximum atomic E-state index is 5.38. The summed E-state index contributed by atoms with van der Waals surface area (Å²) in [6.07, 6.45) is 4.53. The van der Waals surface area contributed by atoms with Crippen molar-refractivity contribution in [3.63, 3.8) is 0 Å². The molecule has 0 aliphatic carbocycles. The van der Waals surface area contributed by atoms with E-state index in [0.717, 1.165) is 17.1 Å². The van der Waals surface area contributed by atoms with Gasteiger partial charge in [0.2, 0.25) is 0 Å². The summed E-state index contributed by atoms with van der Waals surface area (Å²) >= 11 is 1.66. The molecule has 0 amide bonds. The predicted molar refractivity (Wildman–Crippen MR) is 79.3 cm³/mol. The third kappa shape index (κ3) is 3.26. The maximum Gasteiger partial charge on any atom is 0.183 e. The molecule has 0 fully saturated rings. The first-order valence-electron chi connectivity index (χ1n) is 6.48. The standard InChI is InChI=1S/C14H19N3O2S/c1-4-10(14-16-7-8-20-14)17-9-11-13(19-3)12(18-2)5-6-15-11/h5-8,10,17H,4,9H2,1-3H3. The lowest BCUT2D eigenvalue weighted by Crippen LogP contribution is -2.21. The molecule has 0 spiro atoms. The second-order valence-corrected chi connectivity index (χ2v) is 5.13. The van der Waals surface area contributed by atoms with E-state index < -0.39 is 0 Å². The molecule has 0 bridgehead atoms. The van der Waals surface area contributed by atoms with Crippen molar-refractivity contribution < 1.29 is 9.47 Å².